The molecule has 0 aliphatic heterocycles. The normalized spacial score (nSPS) is 38.3. The molecule has 1 nitrogen and oxygen atoms in total. The molecule has 0 heterocycles. The zero-order valence-electron chi connectivity index (χ0n) is 8.76. The molecule has 0 spiro atoms. The van der Waals surface area contributed by atoms with Crippen LogP contribution in [0.1, 0.15) is 40.0 Å². The Morgan fingerprint density at radius 3 is 2.85 bits per heavy atom. The van der Waals surface area contributed by atoms with Gasteiger partial charge in [-0.2, -0.15) is 0 Å². The third kappa shape index (κ3) is 1.17. The molecule has 0 radical (unpaired) electrons. The third-order valence-corrected chi connectivity index (χ3v) is 4.00. The molecule has 72 valence electrons. The van der Waals surface area contributed by atoms with Gasteiger partial charge in [-0.05, 0) is 43.1 Å². The van der Waals surface area contributed by atoms with Crippen molar-refractivity contribution in [3.05, 3.63) is 11.6 Å². The summed E-state index contributed by atoms with van der Waals surface area (Å²) in [5.41, 5.74) is 1.38. The van der Waals surface area contributed by atoms with E-state index in [0.717, 1.165) is 18.4 Å². The van der Waals surface area contributed by atoms with Crippen LogP contribution in [0.2, 0.25) is 0 Å². The summed E-state index contributed by atoms with van der Waals surface area (Å²) < 4.78 is 0. The maximum Gasteiger partial charge on any atom is 0.161 e. The number of carbonyl (C=O) groups is 1. The molecule has 0 amide bonds. The van der Waals surface area contributed by atoms with Gasteiger partial charge in [0.25, 0.3) is 0 Å². The molecule has 0 aromatic heterocycles. The fourth-order valence-corrected chi connectivity index (χ4v) is 2.98. The zero-order chi connectivity index (χ0) is 9.64. The average Bonchev–Trinajstić information content (AvgIpc) is 2.43. The van der Waals surface area contributed by atoms with Crippen LogP contribution in [-0.4, -0.2) is 5.78 Å². The quantitative estimate of drug-likeness (QED) is 0.603. The lowest BCUT2D eigenvalue weighted by atomic mass is 9.70. The van der Waals surface area contributed by atoms with Gasteiger partial charge in [0, 0.05) is 5.92 Å². The molecule has 0 aromatic rings. The predicted molar refractivity (Wildman–Crippen MR) is 53.4 cm³/mol. The molecule has 13 heavy (non-hydrogen) atoms. The average molecular weight is 178 g/mol. The first kappa shape index (κ1) is 8.98. The Labute approximate surface area is 80.2 Å². The lowest BCUT2D eigenvalue weighted by Crippen LogP contribution is -2.28. The van der Waals surface area contributed by atoms with Gasteiger partial charge in [0.05, 0.1) is 0 Å². The standard InChI is InChI=1S/C12H18O/c1-8(2)12-5-4-10(7-12)11(13)9(3)6-12/h6,8,10H,4-5,7H2,1-3H3/t10-,12+/m1/s1. The molecule has 2 aliphatic rings. The smallest absolute Gasteiger partial charge is 0.161 e. The summed E-state index contributed by atoms with van der Waals surface area (Å²) in [4.78, 5) is 11.7. The summed E-state index contributed by atoms with van der Waals surface area (Å²) in [5, 5.41) is 0. The monoisotopic (exact) mass is 178 g/mol. The Balaban J connectivity index is 2.39. The highest BCUT2D eigenvalue weighted by Crippen LogP contribution is 2.52. The van der Waals surface area contributed by atoms with Gasteiger partial charge in [0.2, 0.25) is 0 Å². The number of hydrogen-bond donors (Lipinski definition) is 0. The van der Waals surface area contributed by atoms with Gasteiger partial charge in [0.15, 0.2) is 5.78 Å². The number of allylic oxidation sites excluding steroid dienone is 2. The highest BCUT2D eigenvalue weighted by Gasteiger charge is 2.46. The molecule has 1 heteroatoms. The topological polar surface area (TPSA) is 17.1 Å². The van der Waals surface area contributed by atoms with Gasteiger partial charge in [-0.1, -0.05) is 19.9 Å². The minimum absolute atomic E-state index is 0.354. The van der Waals surface area contributed by atoms with Gasteiger partial charge in [-0.15, -0.1) is 0 Å². The van der Waals surface area contributed by atoms with E-state index in [2.05, 4.69) is 19.9 Å². The van der Waals surface area contributed by atoms with E-state index >= 15 is 0 Å². The Bertz CT molecular complexity index is 275. The first-order valence-electron chi connectivity index (χ1n) is 5.29. The second kappa shape index (κ2) is 2.70. The minimum atomic E-state index is 0.354. The minimum Gasteiger partial charge on any atom is -0.294 e. The first-order valence-corrected chi connectivity index (χ1v) is 5.29. The molecule has 0 N–H and O–H groups in total. The van der Waals surface area contributed by atoms with E-state index in [1.807, 2.05) is 6.92 Å². The Kier molecular flexibility index (Phi) is 1.86. The molecule has 2 aliphatic carbocycles. The number of Topliss-reactive ketones (excluding diaryl/α,β-unsaturated/α-hetero) is 1. The molecule has 2 rings (SSSR count). The lowest BCUT2D eigenvalue weighted by molar-refractivity contribution is -0.119. The van der Waals surface area contributed by atoms with E-state index < -0.39 is 0 Å². The molecule has 2 atom stereocenters. The Hall–Kier alpha value is -0.590. The molecular formula is C12H18O. The molecule has 1 saturated carbocycles. The van der Waals surface area contributed by atoms with Crippen molar-refractivity contribution in [2.45, 2.75) is 40.0 Å². The van der Waals surface area contributed by atoms with Gasteiger partial charge < -0.3 is 0 Å². The lowest BCUT2D eigenvalue weighted by Gasteiger charge is -2.33. The van der Waals surface area contributed by atoms with Crippen molar-refractivity contribution < 1.29 is 4.79 Å². The number of rotatable bonds is 1. The van der Waals surface area contributed by atoms with Crippen LogP contribution in [-0.2, 0) is 4.79 Å². The third-order valence-electron chi connectivity index (χ3n) is 4.00. The van der Waals surface area contributed by atoms with Crippen LogP contribution in [0, 0.1) is 17.3 Å². The summed E-state index contributed by atoms with van der Waals surface area (Å²) >= 11 is 0. The van der Waals surface area contributed by atoms with E-state index in [4.69, 9.17) is 0 Å². The number of carbonyl (C=O) groups excluding carboxylic acids is 1. The first-order chi connectivity index (χ1) is 6.05. The molecule has 1 fully saturated rings. The maximum atomic E-state index is 11.7. The van der Waals surface area contributed by atoms with Crippen molar-refractivity contribution in [1.29, 1.82) is 0 Å². The Morgan fingerprint density at radius 2 is 2.23 bits per heavy atom. The largest absolute Gasteiger partial charge is 0.294 e. The van der Waals surface area contributed by atoms with Gasteiger partial charge in [0.1, 0.15) is 0 Å². The molecule has 0 saturated heterocycles. The van der Waals surface area contributed by atoms with E-state index in [1.165, 1.54) is 6.42 Å². The Morgan fingerprint density at radius 1 is 1.54 bits per heavy atom. The molecule has 2 bridgehead atoms. The summed E-state index contributed by atoms with van der Waals surface area (Å²) in [6.07, 6.45) is 5.70. The van der Waals surface area contributed by atoms with Crippen LogP contribution < -0.4 is 0 Å². The van der Waals surface area contributed by atoms with Crippen LogP contribution in [0.3, 0.4) is 0 Å². The number of hydrogen-bond acceptors (Lipinski definition) is 1. The highest BCUT2D eigenvalue weighted by atomic mass is 16.1. The molecule has 0 unspecified atom stereocenters. The summed E-state index contributed by atoms with van der Waals surface area (Å²) in [6.45, 7) is 6.54. The van der Waals surface area contributed by atoms with Gasteiger partial charge >= 0.3 is 0 Å². The van der Waals surface area contributed by atoms with E-state index in [9.17, 15) is 4.79 Å². The zero-order valence-corrected chi connectivity index (χ0v) is 8.76. The van der Waals surface area contributed by atoms with E-state index in [1.54, 1.807) is 0 Å². The summed E-state index contributed by atoms with van der Waals surface area (Å²) in [6, 6.07) is 0. The second-order valence-corrected chi connectivity index (χ2v) is 5.02. The van der Waals surface area contributed by atoms with Gasteiger partial charge in [-0.25, -0.2) is 0 Å². The maximum absolute atomic E-state index is 11.7. The van der Waals surface area contributed by atoms with Crippen molar-refractivity contribution in [2.24, 2.45) is 17.3 Å². The van der Waals surface area contributed by atoms with Crippen LogP contribution in [0.15, 0.2) is 11.6 Å². The van der Waals surface area contributed by atoms with Crippen LogP contribution >= 0.6 is 0 Å². The number of fused-ring (bicyclic) bond motifs is 2. The van der Waals surface area contributed by atoms with Gasteiger partial charge in [-0.3, -0.25) is 4.79 Å². The summed E-state index contributed by atoms with van der Waals surface area (Å²) in [7, 11) is 0. The van der Waals surface area contributed by atoms with Crippen molar-refractivity contribution in [1.82, 2.24) is 0 Å². The number of ketones is 1. The predicted octanol–water partition coefficient (Wildman–Crippen LogP) is 2.96. The van der Waals surface area contributed by atoms with Crippen molar-refractivity contribution in [2.75, 3.05) is 0 Å². The van der Waals surface area contributed by atoms with Crippen molar-refractivity contribution in [3.8, 4) is 0 Å². The van der Waals surface area contributed by atoms with Crippen molar-refractivity contribution in [3.63, 3.8) is 0 Å². The van der Waals surface area contributed by atoms with E-state index in [-0.39, 0.29) is 0 Å². The van der Waals surface area contributed by atoms with E-state index in [0.29, 0.717) is 23.0 Å². The SMILES string of the molecule is CC1=C[C@@]2(C(C)C)CC[C@H](C2)C1=O. The van der Waals surface area contributed by atoms with Crippen molar-refractivity contribution >= 4 is 5.78 Å². The second-order valence-electron chi connectivity index (χ2n) is 5.02. The van der Waals surface area contributed by atoms with Crippen LogP contribution in [0.25, 0.3) is 0 Å². The molecule has 0 aromatic carbocycles. The fourth-order valence-electron chi connectivity index (χ4n) is 2.98. The summed E-state index contributed by atoms with van der Waals surface area (Å²) in [5.74, 6) is 1.45. The highest BCUT2D eigenvalue weighted by molar-refractivity contribution is 5.98. The molecular weight excluding hydrogens is 160 g/mol. The fraction of sp³-hybridized carbons (Fsp3) is 0.750. The van der Waals surface area contributed by atoms with Crippen LogP contribution in [0.4, 0.5) is 0 Å². The van der Waals surface area contributed by atoms with Crippen LogP contribution in [0.5, 0.6) is 0 Å².